The van der Waals surface area contributed by atoms with Crippen LogP contribution in [-0.4, -0.2) is 42.7 Å². The summed E-state index contributed by atoms with van der Waals surface area (Å²) >= 11 is 0. The number of carbonyl (C=O) groups is 1. The van der Waals surface area contributed by atoms with Gasteiger partial charge in [0.05, 0.1) is 38.4 Å². The van der Waals surface area contributed by atoms with E-state index in [4.69, 9.17) is 14.2 Å². The molecule has 0 unspecified atom stereocenters. The number of benzene rings is 3. The Morgan fingerprint density at radius 2 is 1.71 bits per heavy atom. The summed E-state index contributed by atoms with van der Waals surface area (Å²) in [5.41, 5.74) is 1.12. The Kier molecular flexibility index (Phi) is 7.56. The van der Waals surface area contributed by atoms with Crippen LogP contribution in [0.4, 0.5) is 13.2 Å². The minimum atomic E-state index is -4.84. The van der Waals surface area contributed by atoms with Crippen molar-refractivity contribution >= 4 is 17.0 Å². The monoisotopic (exact) mass is 528 g/mol. The third-order valence-electron chi connectivity index (χ3n) is 5.64. The predicted octanol–water partition coefficient (Wildman–Crippen LogP) is 5.20. The van der Waals surface area contributed by atoms with Crippen molar-refractivity contribution in [2.45, 2.75) is 19.8 Å². The average molecular weight is 528 g/mol. The van der Waals surface area contributed by atoms with Crippen molar-refractivity contribution in [1.29, 1.82) is 0 Å². The number of nitrogens with zero attached hydrogens (tertiary/aromatic N) is 2. The number of esters is 1. The molecule has 4 rings (SSSR count). The van der Waals surface area contributed by atoms with Crippen LogP contribution in [0.25, 0.3) is 22.2 Å². The number of fused-ring (bicyclic) bond motifs is 1. The molecule has 0 aliphatic heterocycles. The normalized spacial score (nSPS) is 11.3. The van der Waals surface area contributed by atoms with Crippen LogP contribution in [0.5, 0.6) is 17.2 Å². The van der Waals surface area contributed by atoms with E-state index in [0.29, 0.717) is 39.2 Å². The van der Waals surface area contributed by atoms with Crippen molar-refractivity contribution in [3.05, 3.63) is 82.3 Å². The van der Waals surface area contributed by atoms with Crippen molar-refractivity contribution in [2.75, 3.05) is 20.8 Å². The number of alkyl halides is 3. The van der Waals surface area contributed by atoms with Gasteiger partial charge in [0, 0.05) is 11.6 Å². The Morgan fingerprint density at radius 1 is 0.947 bits per heavy atom. The third kappa shape index (κ3) is 5.72. The average Bonchev–Trinajstić information content (AvgIpc) is 2.89. The second-order valence-corrected chi connectivity index (χ2v) is 8.03. The Balaban J connectivity index is 1.89. The van der Waals surface area contributed by atoms with Crippen LogP contribution in [0, 0.1) is 0 Å². The van der Waals surface area contributed by atoms with E-state index in [-0.39, 0.29) is 24.6 Å². The molecule has 4 aromatic rings. The molecule has 1 aromatic heterocycles. The van der Waals surface area contributed by atoms with E-state index in [1.54, 1.807) is 49.4 Å². The molecule has 0 amide bonds. The van der Waals surface area contributed by atoms with E-state index < -0.39 is 17.9 Å². The molecule has 8 nitrogen and oxygen atoms in total. The SMILES string of the molecule is CCOC(=O)c1nc2ccc(-c3cccc(OC(F)(F)F)c3)cc2n(Cc2ccc(OC)cc2OC)c1=O. The topological polar surface area (TPSA) is 88.9 Å². The number of halogens is 3. The molecule has 0 saturated carbocycles. The summed E-state index contributed by atoms with van der Waals surface area (Å²) in [6, 6.07) is 15.4. The molecule has 0 radical (unpaired) electrons. The van der Waals surface area contributed by atoms with Crippen LogP contribution >= 0.6 is 0 Å². The van der Waals surface area contributed by atoms with Gasteiger partial charge in [-0.3, -0.25) is 4.79 Å². The maximum Gasteiger partial charge on any atom is 0.573 e. The van der Waals surface area contributed by atoms with Crippen LogP contribution in [0.15, 0.2) is 65.5 Å². The number of aromatic nitrogens is 2. The van der Waals surface area contributed by atoms with Crippen molar-refractivity contribution in [1.82, 2.24) is 9.55 Å². The highest BCUT2D eigenvalue weighted by molar-refractivity contribution is 5.90. The highest BCUT2D eigenvalue weighted by Gasteiger charge is 2.31. The Bertz CT molecular complexity index is 1550. The number of hydrogen-bond acceptors (Lipinski definition) is 7. The van der Waals surface area contributed by atoms with Crippen LogP contribution < -0.4 is 19.8 Å². The summed E-state index contributed by atoms with van der Waals surface area (Å²) in [5.74, 6) is -0.248. The second kappa shape index (κ2) is 10.8. The summed E-state index contributed by atoms with van der Waals surface area (Å²) in [5, 5.41) is 0. The summed E-state index contributed by atoms with van der Waals surface area (Å²) < 4.78 is 59.3. The zero-order chi connectivity index (χ0) is 27.4. The zero-order valence-electron chi connectivity index (χ0n) is 20.7. The molecule has 11 heteroatoms. The van der Waals surface area contributed by atoms with Crippen LogP contribution in [0.3, 0.4) is 0 Å². The summed E-state index contributed by atoms with van der Waals surface area (Å²) in [6.07, 6.45) is -4.84. The number of hydrogen-bond donors (Lipinski definition) is 0. The first-order valence-corrected chi connectivity index (χ1v) is 11.4. The first-order valence-electron chi connectivity index (χ1n) is 11.4. The van der Waals surface area contributed by atoms with Crippen LogP contribution in [-0.2, 0) is 11.3 Å². The molecule has 38 heavy (non-hydrogen) atoms. The lowest BCUT2D eigenvalue weighted by atomic mass is 10.0. The van der Waals surface area contributed by atoms with Crippen LogP contribution in [0.2, 0.25) is 0 Å². The maximum absolute atomic E-state index is 13.5. The molecule has 0 spiro atoms. The van der Waals surface area contributed by atoms with E-state index in [9.17, 15) is 22.8 Å². The van der Waals surface area contributed by atoms with Gasteiger partial charge < -0.3 is 23.5 Å². The van der Waals surface area contributed by atoms with Crippen LogP contribution in [0.1, 0.15) is 23.0 Å². The van der Waals surface area contributed by atoms with E-state index in [2.05, 4.69) is 9.72 Å². The highest BCUT2D eigenvalue weighted by atomic mass is 19.4. The molecule has 198 valence electrons. The molecular weight excluding hydrogens is 505 g/mol. The second-order valence-electron chi connectivity index (χ2n) is 8.03. The summed E-state index contributed by atoms with van der Waals surface area (Å²) in [6.45, 7) is 1.67. The van der Waals surface area contributed by atoms with Gasteiger partial charge in [0.2, 0.25) is 5.69 Å². The Hall–Kier alpha value is -4.54. The molecule has 0 fully saturated rings. The first-order chi connectivity index (χ1) is 18.1. The lowest BCUT2D eigenvalue weighted by molar-refractivity contribution is -0.274. The fraction of sp³-hybridized carbons (Fsp3) is 0.222. The smallest absolute Gasteiger partial charge is 0.497 e. The van der Waals surface area contributed by atoms with E-state index >= 15 is 0 Å². The maximum atomic E-state index is 13.5. The van der Waals surface area contributed by atoms with Gasteiger partial charge >= 0.3 is 12.3 Å². The molecule has 3 aromatic carbocycles. The van der Waals surface area contributed by atoms with Gasteiger partial charge in [-0.15, -0.1) is 13.2 Å². The van der Waals surface area contributed by atoms with Gasteiger partial charge in [0.25, 0.3) is 5.56 Å². The fourth-order valence-electron chi connectivity index (χ4n) is 3.93. The number of methoxy groups -OCH3 is 2. The van der Waals surface area contributed by atoms with Crippen molar-refractivity contribution in [2.24, 2.45) is 0 Å². The van der Waals surface area contributed by atoms with Gasteiger partial charge in [-0.25, -0.2) is 9.78 Å². The molecule has 0 atom stereocenters. The molecule has 0 N–H and O–H groups in total. The lowest BCUT2D eigenvalue weighted by Crippen LogP contribution is -2.30. The standard InChI is InChI=1S/C27H23F3N2O6/c1-4-37-26(34)24-25(33)32(15-18-8-10-19(35-2)14-23(18)36-3)22-13-17(9-11-21(22)31-24)16-6-5-7-20(12-16)38-27(28,29)30/h5-14H,4,15H2,1-3H3. The lowest BCUT2D eigenvalue weighted by Gasteiger charge is -2.16. The molecule has 0 saturated heterocycles. The molecule has 0 aliphatic carbocycles. The van der Waals surface area contributed by atoms with Gasteiger partial charge in [-0.2, -0.15) is 0 Å². The van der Waals surface area contributed by atoms with E-state index in [1.807, 2.05) is 0 Å². The first kappa shape index (κ1) is 26.5. The van der Waals surface area contributed by atoms with Gasteiger partial charge in [0.1, 0.15) is 17.2 Å². The zero-order valence-corrected chi connectivity index (χ0v) is 20.7. The van der Waals surface area contributed by atoms with Gasteiger partial charge in [0.15, 0.2) is 0 Å². The fourth-order valence-corrected chi connectivity index (χ4v) is 3.93. The predicted molar refractivity (Wildman–Crippen MR) is 133 cm³/mol. The summed E-state index contributed by atoms with van der Waals surface area (Å²) in [7, 11) is 2.99. The molecule has 0 aliphatic rings. The molecule has 1 heterocycles. The largest absolute Gasteiger partial charge is 0.573 e. The van der Waals surface area contributed by atoms with Crippen molar-refractivity contribution < 1.29 is 36.9 Å². The highest BCUT2D eigenvalue weighted by Crippen LogP contribution is 2.30. The minimum absolute atomic E-state index is 0.00188. The Morgan fingerprint density at radius 3 is 2.39 bits per heavy atom. The van der Waals surface area contributed by atoms with Gasteiger partial charge in [-0.1, -0.05) is 18.2 Å². The molecule has 0 bridgehead atoms. The summed E-state index contributed by atoms with van der Waals surface area (Å²) in [4.78, 5) is 30.2. The van der Waals surface area contributed by atoms with E-state index in [0.717, 1.165) is 0 Å². The number of carbonyl (C=O) groups excluding carboxylic acids is 1. The van der Waals surface area contributed by atoms with Crippen molar-refractivity contribution in [3.8, 4) is 28.4 Å². The van der Waals surface area contributed by atoms with E-state index in [1.165, 1.54) is 37.0 Å². The number of ether oxygens (including phenoxy) is 4. The molecular formula is C27H23F3N2O6. The quantitative estimate of drug-likeness (QED) is 0.290. The third-order valence-corrected chi connectivity index (χ3v) is 5.64. The van der Waals surface area contributed by atoms with Crippen molar-refractivity contribution in [3.63, 3.8) is 0 Å². The minimum Gasteiger partial charge on any atom is -0.497 e. The Labute approximate surface area is 215 Å². The number of rotatable bonds is 8. The van der Waals surface area contributed by atoms with Gasteiger partial charge in [-0.05, 0) is 54.4 Å².